The van der Waals surface area contributed by atoms with E-state index >= 15 is 0 Å². The molecule has 0 spiro atoms. The van der Waals surface area contributed by atoms with E-state index in [1.54, 1.807) is 0 Å². The highest BCUT2D eigenvalue weighted by molar-refractivity contribution is 4.66. The van der Waals surface area contributed by atoms with Crippen molar-refractivity contribution in [1.29, 1.82) is 0 Å². The van der Waals surface area contributed by atoms with E-state index in [9.17, 15) is 0 Å². The van der Waals surface area contributed by atoms with Gasteiger partial charge in [0.05, 0.1) is 0 Å². The fourth-order valence-corrected chi connectivity index (χ4v) is 1.91. The minimum Gasteiger partial charge on any atom is -0.0625 e. The first-order valence-electron chi connectivity index (χ1n) is 6.34. The van der Waals surface area contributed by atoms with Crippen molar-refractivity contribution in [3.05, 3.63) is 0 Å². The Hall–Kier alpha value is 0. The molecule has 0 aliphatic heterocycles. The molecular formula is C14H30. The quantitative estimate of drug-likeness (QED) is 0.564. The third-order valence-electron chi connectivity index (χ3n) is 3.82. The van der Waals surface area contributed by atoms with Crippen molar-refractivity contribution in [2.45, 2.75) is 61.3 Å². The molecule has 0 amide bonds. The van der Waals surface area contributed by atoms with Gasteiger partial charge in [0.15, 0.2) is 0 Å². The van der Waals surface area contributed by atoms with Crippen LogP contribution < -0.4 is 0 Å². The highest BCUT2D eigenvalue weighted by Gasteiger charge is 2.16. The monoisotopic (exact) mass is 198 g/mol. The molecule has 3 atom stereocenters. The molecule has 0 N–H and O–H groups in total. The summed E-state index contributed by atoms with van der Waals surface area (Å²) in [5, 5.41) is 0. The van der Waals surface area contributed by atoms with Crippen LogP contribution in [0.5, 0.6) is 0 Å². The summed E-state index contributed by atoms with van der Waals surface area (Å²) < 4.78 is 0. The smallest absolute Gasteiger partial charge is 0.0417 e. The van der Waals surface area contributed by atoms with Crippen molar-refractivity contribution >= 4 is 0 Å². The first-order chi connectivity index (χ1) is 6.34. The summed E-state index contributed by atoms with van der Waals surface area (Å²) >= 11 is 0. The maximum atomic E-state index is 2.41. The summed E-state index contributed by atoms with van der Waals surface area (Å²) in [6, 6.07) is 0. The molecule has 0 aromatic rings. The lowest BCUT2D eigenvalue weighted by atomic mass is 9.82. The van der Waals surface area contributed by atoms with E-state index < -0.39 is 0 Å². The summed E-state index contributed by atoms with van der Waals surface area (Å²) in [6.45, 7) is 16.5. The molecule has 0 aromatic carbocycles. The van der Waals surface area contributed by atoms with Gasteiger partial charge in [0.2, 0.25) is 0 Å². The Morgan fingerprint density at radius 1 is 0.571 bits per heavy atom. The first-order valence-corrected chi connectivity index (χ1v) is 6.34. The van der Waals surface area contributed by atoms with Crippen molar-refractivity contribution in [3.8, 4) is 0 Å². The van der Waals surface area contributed by atoms with Gasteiger partial charge >= 0.3 is 0 Å². The first kappa shape index (κ1) is 14.0. The van der Waals surface area contributed by atoms with E-state index in [2.05, 4.69) is 48.5 Å². The zero-order valence-corrected chi connectivity index (χ0v) is 11.3. The highest BCUT2D eigenvalue weighted by atomic mass is 14.2. The van der Waals surface area contributed by atoms with Gasteiger partial charge in [-0.3, -0.25) is 0 Å². The van der Waals surface area contributed by atoms with Gasteiger partial charge in [-0.25, -0.2) is 0 Å². The molecule has 14 heavy (non-hydrogen) atoms. The topological polar surface area (TPSA) is 0 Å². The molecule has 0 aliphatic carbocycles. The Morgan fingerprint density at radius 3 is 1.07 bits per heavy atom. The molecule has 0 saturated heterocycles. The minimum atomic E-state index is 0.840. The summed E-state index contributed by atoms with van der Waals surface area (Å²) in [5.41, 5.74) is 0. The molecule has 0 saturated carbocycles. The van der Waals surface area contributed by atoms with Gasteiger partial charge in [-0.2, -0.15) is 0 Å². The molecule has 0 aliphatic rings. The molecule has 0 bridgehead atoms. The van der Waals surface area contributed by atoms with E-state index in [4.69, 9.17) is 0 Å². The molecule has 1 unspecified atom stereocenters. The molecular weight excluding hydrogens is 168 g/mol. The Kier molecular flexibility index (Phi) is 6.48. The molecule has 0 nitrogen and oxygen atoms in total. The van der Waals surface area contributed by atoms with Gasteiger partial charge in [0.1, 0.15) is 0 Å². The SMILES string of the molecule is CC(C[C@@H](C)C(C)C)C[C@H](C)C(C)C. The van der Waals surface area contributed by atoms with E-state index in [1.165, 1.54) is 12.8 Å². The third-order valence-corrected chi connectivity index (χ3v) is 3.82. The summed E-state index contributed by atoms with van der Waals surface area (Å²) in [5.74, 6) is 4.33. The molecule has 0 aromatic heterocycles. The highest BCUT2D eigenvalue weighted by Crippen LogP contribution is 2.26. The molecule has 0 rings (SSSR count). The van der Waals surface area contributed by atoms with Gasteiger partial charge in [0, 0.05) is 0 Å². The number of hydrogen-bond donors (Lipinski definition) is 0. The number of hydrogen-bond acceptors (Lipinski definition) is 0. The molecule has 0 heterocycles. The van der Waals surface area contributed by atoms with E-state index in [0.717, 1.165) is 29.6 Å². The molecule has 86 valence electrons. The average molecular weight is 198 g/mol. The van der Waals surface area contributed by atoms with Crippen LogP contribution in [0.3, 0.4) is 0 Å². The van der Waals surface area contributed by atoms with Crippen LogP contribution in [0.2, 0.25) is 0 Å². The minimum absolute atomic E-state index is 0.840. The second kappa shape index (κ2) is 6.48. The molecule has 0 fully saturated rings. The van der Waals surface area contributed by atoms with Crippen LogP contribution in [0.4, 0.5) is 0 Å². The summed E-state index contributed by atoms with van der Waals surface area (Å²) in [6.07, 6.45) is 2.80. The Morgan fingerprint density at radius 2 is 0.857 bits per heavy atom. The summed E-state index contributed by atoms with van der Waals surface area (Å²) in [4.78, 5) is 0. The zero-order valence-electron chi connectivity index (χ0n) is 11.3. The van der Waals surface area contributed by atoms with E-state index in [-0.39, 0.29) is 0 Å². The molecule has 0 heteroatoms. The fourth-order valence-electron chi connectivity index (χ4n) is 1.91. The predicted octanol–water partition coefficient (Wildman–Crippen LogP) is 4.99. The zero-order chi connectivity index (χ0) is 11.3. The van der Waals surface area contributed by atoms with Crippen LogP contribution >= 0.6 is 0 Å². The van der Waals surface area contributed by atoms with E-state index in [0.29, 0.717) is 0 Å². The van der Waals surface area contributed by atoms with Crippen LogP contribution in [0.25, 0.3) is 0 Å². The lowest BCUT2D eigenvalue weighted by Crippen LogP contribution is -2.14. The van der Waals surface area contributed by atoms with Crippen molar-refractivity contribution in [1.82, 2.24) is 0 Å². The largest absolute Gasteiger partial charge is 0.0625 e. The van der Waals surface area contributed by atoms with Crippen molar-refractivity contribution < 1.29 is 0 Å². The Labute approximate surface area is 91.5 Å². The summed E-state index contributed by atoms with van der Waals surface area (Å²) in [7, 11) is 0. The second-order valence-electron chi connectivity index (χ2n) is 6.02. The molecule has 0 radical (unpaired) electrons. The van der Waals surface area contributed by atoms with Crippen molar-refractivity contribution in [3.63, 3.8) is 0 Å². The lowest BCUT2D eigenvalue weighted by Gasteiger charge is -2.24. The second-order valence-corrected chi connectivity index (χ2v) is 6.02. The van der Waals surface area contributed by atoms with Crippen LogP contribution in [0.1, 0.15) is 61.3 Å². The van der Waals surface area contributed by atoms with Gasteiger partial charge in [-0.1, -0.05) is 48.5 Å². The van der Waals surface area contributed by atoms with E-state index in [1.807, 2.05) is 0 Å². The van der Waals surface area contributed by atoms with Gasteiger partial charge in [0.25, 0.3) is 0 Å². The van der Waals surface area contributed by atoms with Crippen molar-refractivity contribution in [2.75, 3.05) is 0 Å². The standard InChI is InChI=1S/C14H30/c1-10(2)13(6)8-12(5)9-14(7)11(3)4/h10-14H,8-9H2,1-7H3/t12?,13-,14+. The van der Waals surface area contributed by atoms with Gasteiger partial charge in [-0.15, -0.1) is 0 Å². The number of rotatable bonds is 6. The van der Waals surface area contributed by atoms with Crippen LogP contribution in [-0.4, -0.2) is 0 Å². The average Bonchev–Trinajstić information content (AvgIpc) is 2.03. The van der Waals surface area contributed by atoms with Crippen molar-refractivity contribution in [2.24, 2.45) is 29.6 Å². The Balaban J connectivity index is 3.80. The predicted molar refractivity (Wildman–Crippen MR) is 66.4 cm³/mol. The van der Waals surface area contributed by atoms with Crippen LogP contribution in [0, 0.1) is 29.6 Å². The maximum absolute atomic E-state index is 2.41. The van der Waals surface area contributed by atoms with Gasteiger partial charge in [-0.05, 0) is 42.4 Å². The fraction of sp³-hybridized carbons (Fsp3) is 1.00. The lowest BCUT2D eigenvalue weighted by molar-refractivity contribution is 0.268. The van der Waals surface area contributed by atoms with Crippen LogP contribution in [-0.2, 0) is 0 Å². The Bertz CT molecular complexity index is 119. The maximum Gasteiger partial charge on any atom is -0.0417 e. The van der Waals surface area contributed by atoms with Gasteiger partial charge < -0.3 is 0 Å². The normalized spacial score (nSPS) is 18.6. The third kappa shape index (κ3) is 5.67. The van der Waals surface area contributed by atoms with Crippen LogP contribution in [0.15, 0.2) is 0 Å².